The van der Waals surface area contributed by atoms with Gasteiger partial charge in [0.1, 0.15) is 24.1 Å². The number of carbonyl (C=O) groups is 1. The highest BCUT2D eigenvalue weighted by molar-refractivity contribution is 6.30. The molecule has 1 N–H and O–H groups in total. The first-order valence-corrected chi connectivity index (χ1v) is 11.3. The summed E-state index contributed by atoms with van der Waals surface area (Å²) in [6.45, 7) is 3.19. The number of anilines is 1. The van der Waals surface area contributed by atoms with E-state index in [2.05, 4.69) is 15.0 Å². The Kier molecular flexibility index (Phi) is 5.43. The standard InChI is InChI=1S/C21H25ClF2N6O3/c1-21(5-11(23)7-28(21)2)10-33-19-26-16-14(6-25-17(22)15(16)24)18(27-19)29-8-12-3-4-13(9-29)30(12)20(31)32/h6,11-13H,3-5,7-10H2,1-2H3,(H,31,32)/t11-,12-,13+,21-/m1/s1. The first-order chi connectivity index (χ1) is 15.7. The summed E-state index contributed by atoms with van der Waals surface area (Å²) < 4.78 is 34.7. The van der Waals surface area contributed by atoms with Gasteiger partial charge < -0.3 is 14.7 Å². The van der Waals surface area contributed by atoms with Crippen LogP contribution in [0.3, 0.4) is 0 Å². The highest BCUT2D eigenvalue weighted by Gasteiger charge is 2.44. The van der Waals surface area contributed by atoms with Gasteiger partial charge in [-0.1, -0.05) is 11.6 Å². The normalized spacial score (nSPS) is 29.8. The van der Waals surface area contributed by atoms with Crippen LogP contribution in [0.2, 0.25) is 5.15 Å². The molecule has 3 aliphatic heterocycles. The number of aromatic nitrogens is 3. The van der Waals surface area contributed by atoms with E-state index in [4.69, 9.17) is 16.3 Å². The molecule has 2 aromatic rings. The fraction of sp³-hybridized carbons (Fsp3) is 0.619. The summed E-state index contributed by atoms with van der Waals surface area (Å²) in [7, 11) is 1.83. The molecule has 9 nitrogen and oxygen atoms in total. The molecule has 3 saturated heterocycles. The van der Waals surface area contributed by atoms with E-state index in [9.17, 15) is 18.7 Å². The monoisotopic (exact) mass is 482 g/mol. The smallest absolute Gasteiger partial charge is 0.407 e. The number of piperazine rings is 1. The van der Waals surface area contributed by atoms with E-state index in [0.717, 1.165) is 12.8 Å². The van der Waals surface area contributed by atoms with Gasteiger partial charge in [0.25, 0.3) is 0 Å². The summed E-state index contributed by atoms with van der Waals surface area (Å²) in [5.41, 5.74) is -0.560. The maximum Gasteiger partial charge on any atom is 0.407 e. The molecule has 0 aromatic carbocycles. The topological polar surface area (TPSA) is 94.9 Å². The zero-order valence-corrected chi connectivity index (χ0v) is 19.1. The Bertz CT molecular complexity index is 1100. The predicted molar refractivity (Wildman–Crippen MR) is 117 cm³/mol. The summed E-state index contributed by atoms with van der Waals surface area (Å²) in [6, 6.07) is -0.384. The van der Waals surface area contributed by atoms with Crippen molar-refractivity contribution in [2.24, 2.45) is 0 Å². The fourth-order valence-corrected chi connectivity index (χ4v) is 5.44. The SMILES string of the molecule is CN1C[C@H](F)C[C@]1(C)COc1nc(N2C[C@H]3CC[C@@H](C2)N3C(=O)O)c2cnc(Cl)c(F)c2n1. The van der Waals surface area contributed by atoms with Crippen LogP contribution in [0.4, 0.5) is 19.4 Å². The highest BCUT2D eigenvalue weighted by Crippen LogP contribution is 2.37. The van der Waals surface area contributed by atoms with E-state index >= 15 is 0 Å². The molecule has 2 bridgehead atoms. The van der Waals surface area contributed by atoms with Crippen molar-refractivity contribution < 1.29 is 23.4 Å². The van der Waals surface area contributed by atoms with Gasteiger partial charge in [-0.2, -0.15) is 9.97 Å². The summed E-state index contributed by atoms with van der Waals surface area (Å²) in [4.78, 5) is 29.7. The minimum atomic E-state index is -0.944. The second-order valence-electron chi connectivity index (χ2n) is 9.40. The molecular formula is C21H25ClF2N6O3. The Labute approximate surface area is 194 Å². The minimum absolute atomic E-state index is 0.0173. The Morgan fingerprint density at radius 2 is 2.00 bits per heavy atom. The van der Waals surface area contributed by atoms with Gasteiger partial charge in [0.2, 0.25) is 0 Å². The number of carboxylic acid groups (broad SMARTS) is 1. The van der Waals surface area contributed by atoms with Crippen LogP contribution in [0.5, 0.6) is 6.01 Å². The summed E-state index contributed by atoms with van der Waals surface area (Å²) >= 11 is 5.91. The lowest BCUT2D eigenvalue weighted by molar-refractivity contribution is 0.107. The van der Waals surface area contributed by atoms with E-state index in [1.54, 1.807) is 0 Å². The number of likely N-dealkylation sites (tertiary alicyclic amines) is 1. The van der Waals surface area contributed by atoms with Crippen LogP contribution < -0.4 is 9.64 Å². The van der Waals surface area contributed by atoms with Crippen molar-refractivity contribution in [1.29, 1.82) is 0 Å². The van der Waals surface area contributed by atoms with Crippen molar-refractivity contribution in [2.45, 2.75) is 50.0 Å². The second kappa shape index (κ2) is 8.05. The number of halogens is 3. The molecule has 1 amide bonds. The molecule has 12 heteroatoms. The number of alkyl halides is 1. The average molecular weight is 483 g/mol. The molecule has 0 radical (unpaired) electrons. The molecule has 2 aromatic heterocycles. The number of ether oxygens (including phenoxy) is 1. The number of likely N-dealkylation sites (N-methyl/N-ethyl adjacent to an activating group) is 1. The van der Waals surface area contributed by atoms with Crippen molar-refractivity contribution in [2.75, 3.05) is 38.2 Å². The maximum atomic E-state index is 14.9. The molecule has 0 aliphatic carbocycles. The van der Waals surface area contributed by atoms with Gasteiger partial charge in [-0.3, -0.25) is 9.80 Å². The number of fused-ring (bicyclic) bond motifs is 3. The summed E-state index contributed by atoms with van der Waals surface area (Å²) in [5, 5.41) is 9.62. The molecular weight excluding hydrogens is 458 g/mol. The molecule has 3 aliphatic rings. The van der Waals surface area contributed by atoms with Gasteiger partial charge in [-0.15, -0.1) is 0 Å². The van der Waals surface area contributed by atoms with Crippen LogP contribution in [0.1, 0.15) is 26.2 Å². The number of hydrogen-bond donors (Lipinski definition) is 1. The maximum absolute atomic E-state index is 14.9. The van der Waals surface area contributed by atoms with Gasteiger partial charge >= 0.3 is 12.1 Å². The van der Waals surface area contributed by atoms with E-state index in [1.807, 2.05) is 23.8 Å². The van der Waals surface area contributed by atoms with Crippen LogP contribution in [0, 0.1) is 5.82 Å². The number of nitrogens with zero attached hydrogens (tertiary/aromatic N) is 6. The van der Waals surface area contributed by atoms with Gasteiger partial charge in [0.05, 0.1) is 23.0 Å². The van der Waals surface area contributed by atoms with Gasteiger partial charge in [-0.25, -0.2) is 18.6 Å². The van der Waals surface area contributed by atoms with Crippen molar-refractivity contribution >= 4 is 34.4 Å². The lowest BCUT2D eigenvalue weighted by Gasteiger charge is -2.40. The van der Waals surface area contributed by atoms with E-state index in [1.165, 1.54) is 11.1 Å². The van der Waals surface area contributed by atoms with E-state index < -0.39 is 23.6 Å². The number of amides is 1. The number of hydrogen-bond acceptors (Lipinski definition) is 7. The quantitative estimate of drug-likeness (QED) is 0.665. The van der Waals surface area contributed by atoms with E-state index in [-0.39, 0.29) is 35.4 Å². The first-order valence-electron chi connectivity index (χ1n) is 10.9. The Balaban J connectivity index is 1.49. The van der Waals surface area contributed by atoms with Crippen molar-refractivity contribution in [3.63, 3.8) is 0 Å². The Morgan fingerprint density at radius 3 is 2.61 bits per heavy atom. The molecule has 5 heterocycles. The molecule has 4 atom stereocenters. The molecule has 33 heavy (non-hydrogen) atoms. The number of pyridine rings is 1. The van der Waals surface area contributed by atoms with Crippen molar-refractivity contribution in [3.05, 3.63) is 17.2 Å². The third-order valence-corrected chi connectivity index (χ3v) is 7.43. The third-order valence-electron chi connectivity index (χ3n) is 7.17. The zero-order chi connectivity index (χ0) is 23.5. The zero-order valence-electron chi connectivity index (χ0n) is 18.3. The Morgan fingerprint density at radius 1 is 1.30 bits per heavy atom. The summed E-state index contributed by atoms with van der Waals surface area (Å²) in [5.74, 6) is -0.351. The second-order valence-corrected chi connectivity index (χ2v) is 9.76. The van der Waals surface area contributed by atoms with Crippen LogP contribution in [-0.4, -0.2) is 93.0 Å². The predicted octanol–water partition coefficient (Wildman–Crippen LogP) is 2.96. The lowest BCUT2D eigenvalue weighted by atomic mass is 10.0. The molecule has 3 fully saturated rings. The Hall–Kier alpha value is -2.53. The first kappa shape index (κ1) is 22.3. The third kappa shape index (κ3) is 3.80. The van der Waals surface area contributed by atoms with Crippen LogP contribution in [0.25, 0.3) is 10.9 Å². The van der Waals surface area contributed by atoms with Crippen LogP contribution in [-0.2, 0) is 0 Å². The lowest BCUT2D eigenvalue weighted by Crippen LogP contribution is -2.55. The van der Waals surface area contributed by atoms with Crippen LogP contribution >= 0.6 is 11.6 Å². The van der Waals surface area contributed by atoms with E-state index in [0.29, 0.717) is 37.3 Å². The van der Waals surface area contributed by atoms with Gasteiger partial charge in [0, 0.05) is 32.3 Å². The molecule has 0 spiro atoms. The molecule has 0 saturated carbocycles. The molecule has 178 valence electrons. The minimum Gasteiger partial charge on any atom is -0.465 e. The molecule has 5 rings (SSSR count). The highest BCUT2D eigenvalue weighted by atomic mass is 35.5. The van der Waals surface area contributed by atoms with Crippen molar-refractivity contribution in [1.82, 2.24) is 24.8 Å². The van der Waals surface area contributed by atoms with Crippen molar-refractivity contribution in [3.8, 4) is 6.01 Å². The van der Waals surface area contributed by atoms with Crippen LogP contribution in [0.15, 0.2) is 6.20 Å². The fourth-order valence-electron chi connectivity index (χ4n) is 5.30. The summed E-state index contributed by atoms with van der Waals surface area (Å²) in [6.07, 6.45) is 1.37. The average Bonchev–Trinajstić information content (AvgIpc) is 3.19. The van der Waals surface area contributed by atoms with Gasteiger partial charge in [0.15, 0.2) is 11.0 Å². The number of rotatable bonds is 4. The largest absolute Gasteiger partial charge is 0.465 e. The molecule has 0 unspecified atom stereocenters. The van der Waals surface area contributed by atoms with Gasteiger partial charge in [-0.05, 0) is 26.8 Å².